The molecule has 0 fully saturated rings. The predicted octanol–water partition coefficient (Wildman–Crippen LogP) is 4.32. The number of nitriles is 2. The van der Waals surface area contributed by atoms with Gasteiger partial charge < -0.3 is 0 Å². The number of hydrogen-bond donors (Lipinski definition) is 0. The van der Waals surface area contributed by atoms with Crippen LogP contribution in [-0.4, -0.2) is 6.18 Å². The highest BCUT2D eigenvalue weighted by molar-refractivity contribution is 7.16. The summed E-state index contributed by atoms with van der Waals surface area (Å²) in [5.74, 6) is 0. The molecule has 1 heterocycles. The fraction of sp³-hybridized carbons (Fsp3) is 0.455. The second-order valence-electron chi connectivity index (χ2n) is 3.80. The molecule has 0 bridgehead atoms. The van der Waals surface area contributed by atoms with E-state index in [-0.39, 0.29) is 6.42 Å². The van der Waals surface area contributed by atoms with Gasteiger partial charge in [0, 0.05) is 17.7 Å². The minimum absolute atomic E-state index is 0.0343. The van der Waals surface area contributed by atoms with Crippen molar-refractivity contribution in [2.75, 3.05) is 0 Å². The molecule has 1 aromatic rings. The fourth-order valence-electron chi connectivity index (χ4n) is 1.40. The van der Waals surface area contributed by atoms with Crippen LogP contribution in [-0.2, 0) is 6.42 Å². The van der Waals surface area contributed by atoms with Crippen LogP contribution >= 0.6 is 22.9 Å². The van der Waals surface area contributed by atoms with Crippen molar-refractivity contribution in [3.8, 4) is 12.1 Å². The van der Waals surface area contributed by atoms with E-state index in [1.807, 2.05) is 0 Å². The first-order chi connectivity index (χ1) is 8.30. The van der Waals surface area contributed by atoms with Crippen LogP contribution in [0.4, 0.5) is 13.2 Å². The summed E-state index contributed by atoms with van der Waals surface area (Å²) in [4.78, 5) is 0.630. The molecule has 1 rings (SSSR count). The Hall–Kier alpha value is -1.24. The SMILES string of the molecule is N#CC(C#N)(CCC(F)(F)F)Cc1ccc(Cl)s1. The Labute approximate surface area is 111 Å². The van der Waals surface area contributed by atoms with Gasteiger partial charge in [-0.1, -0.05) is 11.6 Å². The van der Waals surface area contributed by atoms with E-state index in [1.54, 1.807) is 24.3 Å². The molecule has 2 nitrogen and oxygen atoms in total. The third-order valence-electron chi connectivity index (χ3n) is 2.37. The molecule has 0 aliphatic carbocycles. The highest BCUT2D eigenvalue weighted by atomic mass is 35.5. The van der Waals surface area contributed by atoms with Crippen molar-refractivity contribution in [2.24, 2.45) is 5.41 Å². The van der Waals surface area contributed by atoms with E-state index < -0.39 is 24.4 Å². The lowest BCUT2D eigenvalue weighted by atomic mass is 9.82. The summed E-state index contributed by atoms with van der Waals surface area (Å²) in [6, 6.07) is 6.60. The first kappa shape index (κ1) is 14.8. The second-order valence-corrected chi connectivity index (χ2v) is 5.60. The maximum Gasteiger partial charge on any atom is 0.389 e. The standard InChI is InChI=1S/C11H8ClF3N2S/c12-9-2-1-8(18-9)5-10(6-16,7-17)3-4-11(13,14)15/h1-2H,3-5H2. The van der Waals surface area contributed by atoms with Crippen molar-refractivity contribution in [2.45, 2.75) is 25.4 Å². The van der Waals surface area contributed by atoms with Gasteiger partial charge >= 0.3 is 6.18 Å². The summed E-state index contributed by atoms with van der Waals surface area (Å²) in [6.07, 6.45) is -6.08. The van der Waals surface area contributed by atoms with Crippen molar-refractivity contribution in [1.29, 1.82) is 10.5 Å². The minimum Gasteiger partial charge on any atom is -0.197 e. The third-order valence-corrected chi connectivity index (χ3v) is 3.60. The first-order valence-electron chi connectivity index (χ1n) is 4.94. The van der Waals surface area contributed by atoms with Gasteiger partial charge in [-0.15, -0.1) is 11.3 Å². The van der Waals surface area contributed by atoms with Crippen LogP contribution in [0.15, 0.2) is 12.1 Å². The molecule has 0 aromatic carbocycles. The van der Waals surface area contributed by atoms with Crippen LogP contribution in [0.5, 0.6) is 0 Å². The monoisotopic (exact) mass is 292 g/mol. The van der Waals surface area contributed by atoms with Crippen LogP contribution in [0.3, 0.4) is 0 Å². The molecular weight excluding hydrogens is 285 g/mol. The molecule has 0 unspecified atom stereocenters. The van der Waals surface area contributed by atoms with Gasteiger partial charge in [0.1, 0.15) is 5.41 Å². The Balaban J connectivity index is 2.82. The number of halogens is 4. The highest BCUT2D eigenvalue weighted by Crippen LogP contribution is 2.35. The maximum atomic E-state index is 12.2. The van der Waals surface area contributed by atoms with E-state index in [4.69, 9.17) is 22.1 Å². The summed E-state index contributed by atoms with van der Waals surface area (Å²) in [6.45, 7) is 0. The van der Waals surface area contributed by atoms with E-state index in [9.17, 15) is 13.2 Å². The Morgan fingerprint density at radius 1 is 1.17 bits per heavy atom. The average molecular weight is 293 g/mol. The number of thiophene rings is 1. The molecule has 0 spiro atoms. The van der Waals surface area contributed by atoms with Crippen LogP contribution < -0.4 is 0 Å². The average Bonchev–Trinajstić information content (AvgIpc) is 2.69. The molecule has 0 aliphatic rings. The smallest absolute Gasteiger partial charge is 0.197 e. The van der Waals surface area contributed by atoms with Gasteiger partial charge in [0.05, 0.1) is 16.5 Å². The Morgan fingerprint density at radius 3 is 2.17 bits per heavy atom. The Kier molecular flexibility index (Phi) is 4.61. The molecule has 0 aliphatic heterocycles. The molecule has 0 amide bonds. The molecule has 18 heavy (non-hydrogen) atoms. The number of nitrogens with zero attached hydrogens (tertiary/aromatic N) is 2. The zero-order chi connectivity index (χ0) is 13.8. The molecule has 0 N–H and O–H groups in total. The molecule has 0 saturated heterocycles. The molecule has 1 aromatic heterocycles. The second kappa shape index (κ2) is 5.60. The minimum atomic E-state index is -4.37. The molecular formula is C11H8ClF3N2S. The molecule has 96 valence electrons. The number of rotatable bonds is 4. The van der Waals surface area contributed by atoms with Crippen molar-refractivity contribution < 1.29 is 13.2 Å². The van der Waals surface area contributed by atoms with Gasteiger partial charge in [-0.3, -0.25) is 0 Å². The quantitative estimate of drug-likeness (QED) is 0.829. The largest absolute Gasteiger partial charge is 0.389 e. The van der Waals surface area contributed by atoms with E-state index in [0.717, 1.165) is 11.3 Å². The molecule has 0 atom stereocenters. The summed E-state index contributed by atoms with van der Waals surface area (Å²) in [5.41, 5.74) is -1.65. The zero-order valence-corrected chi connectivity index (χ0v) is 10.7. The van der Waals surface area contributed by atoms with E-state index >= 15 is 0 Å². The van der Waals surface area contributed by atoms with Crippen LogP contribution in [0.1, 0.15) is 17.7 Å². The van der Waals surface area contributed by atoms with Gasteiger partial charge in [0.2, 0.25) is 0 Å². The van der Waals surface area contributed by atoms with Gasteiger partial charge in [0.25, 0.3) is 0 Å². The fourth-order valence-corrected chi connectivity index (χ4v) is 2.61. The lowest BCUT2D eigenvalue weighted by molar-refractivity contribution is -0.138. The Bertz CT molecular complexity index is 482. The number of alkyl halides is 3. The molecule has 0 saturated carbocycles. The van der Waals surface area contributed by atoms with Crippen molar-refractivity contribution in [3.05, 3.63) is 21.3 Å². The molecule has 0 radical (unpaired) electrons. The van der Waals surface area contributed by atoms with Gasteiger partial charge in [-0.25, -0.2) is 0 Å². The van der Waals surface area contributed by atoms with Crippen molar-refractivity contribution >= 4 is 22.9 Å². The van der Waals surface area contributed by atoms with Crippen LogP contribution in [0.25, 0.3) is 0 Å². The first-order valence-corrected chi connectivity index (χ1v) is 6.13. The predicted molar refractivity (Wildman–Crippen MR) is 62.0 cm³/mol. The number of hydrogen-bond acceptors (Lipinski definition) is 3. The van der Waals surface area contributed by atoms with Crippen LogP contribution in [0, 0.1) is 28.1 Å². The van der Waals surface area contributed by atoms with E-state index in [1.165, 1.54) is 0 Å². The van der Waals surface area contributed by atoms with Crippen molar-refractivity contribution in [3.63, 3.8) is 0 Å². The summed E-state index contributed by atoms with van der Waals surface area (Å²) in [5, 5.41) is 17.9. The van der Waals surface area contributed by atoms with Gasteiger partial charge in [-0.2, -0.15) is 23.7 Å². The Morgan fingerprint density at radius 2 is 1.78 bits per heavy atom. The van der Waals surface area contributed by atoms with Gasteiger partial charge in [0.15, 0.2) is 0 Å². The summed E-state index contributed by atoms with van der Waals surface area (Å²) >= 11 is 6.86. The van der Waals surface area contributed by atoms with Crippen LogP contribution in [0.2, 0.25) is 4.34 Å². The van der Waals surface area contributed by atoms with Gasteiger partial charge in [-0.05, 0) is 18.6 Å². The normalized spacial score (nSPS) is 11.9. The zero-order valence-electron chi connectivity index (χ0n) is 9.09. The van der Waals surface area contributed by atoms with Crippen molar-refractivity contribution in [1.82, 2.24) is 0 Å². The lowest BCUT2D eigenvalue weighted by Gasteiger charge is -2.18. The van der Waals surface area contributed by atoms with E-state index in [2.05, 4.69) is 0 Å². The summed E-state index contributed by atoms with van der Waals surface area (Å²) < 4.78 is 37.0. The highest BCUT2D eigenvalue weighted by Gasteiger charge is 2.37. The lowest BCUT2D eigenvalue weighted by Crippen LogP contribution is -2.22. The maximum absolute atomic E-state index is 12.2. The topological polar surface area (TPSA) is 47.6 Å². The molecule has 7 heteroatoms. The third kappa shape index (κ3) is 4.21. The summed E-state index contributed by atoms with van der Waals surface area (Å²) in [7, 11) is 0. The van der Waals surface area contributed by atoms with E-state index in [0.29, 0.717) is 9.21 Å².